The Hall–Kier alpha value is -1.34. The summed E-state index contributed by atoms with van der Waals surface area (Å²) in [6.07, 6.45) is 0. The molecular weight excluding hydrogens is 414 g/mol. The van der Waals surface area contributed by atoms with E-state index in [-0.39, 0.29) is 14.8 Å². The van der Waals surface area contributed by atoms with Crippen LogP contribution in [0.25, 0.3) is 0 Å². The van der Waals surface area contributed by atoms with Crippen LogP contribution in [0.4, 0.5) is 0 Å². The average Bonchev–Trinajstić information content (AvgIpc) is 2.59. The maximum atomic E-state index is 13.0. The van der Waals surface area contributed by atoms with Crippen LogP contribution in [0.15, 0.2) is 53.4 Å². The molecule has 0 saturated heterocycles. The fraction of sp³-hybridized carbons (Fsp3) is 0.381. The van der Waals surface area contributed by atoms with Gasteiger partial charge in [-0.05, 0) is 36.8 Å². The van der Waals surface area contributed by atoms with Crippen LogP contribution >= 0.6 is 23.4 Å². The lowest BCUT2D eigenvalue weighted by atomic mass is 9.96. The third-order valence-electron chi connectivity index (χ3n) is 4.12. The first-order valence-electron chi connectivity index (χ1n) is 8.96. The molecule has 0 fully saturated rings. The lowest BCUT2D eigenvalue weighted by Gasteiger charge is -2.27. The van der Waals surface area contributed by atoms with Crippen molar-refractivity contribution in [2.24, 2.45) is 5.92 Å². The van der Waals surface area contributed by atoms with Crippen molar-refractivity contribution in [1.82, 2.24) is 4.72 Å². The molecule has 0 unspecified atom stereocenters. The first kappa shape index (κ1) is 22.9. The third kappa shape index (κ3) is 6.34. The van der Waals surface area contributed by atoms with Gasteiger partial charge in [-0.25, -0.2) is 13.1 Å². The minimum atomic E-state index is -3.80. The fourth-order valence-electron chi connectivity index (χ4n) is 2.61. The Labute approximate surface area is 177 Å². The Bertz CT molecular complexity index is 918. The van der Waals surface area contributed by atoms with E-state index in [9.17, 15) is 13.2 Å². The summed E-state index contributed by atoms with van der Waals surface area (Å²) >= 11 is 7.19. The number of hydrogen-bond donors (Lipinski definition) is 1. The highest BCUT2D eigenvalue weighted by molar-refractivity contribution is 8.14. The Morgan fingerprint density at radius 1 is 1.04 bits per heavy atom. The topological polar surface area (TPSA) is 63.2 Å². The standard InChI is InChI=1S/C21H26ClNO3S2/c1-14-6-12-18(13-7-14)28(25,26)23-19(16-8-10-17(22)11-9-16)15(2)20(24)27-21(3,4)5/h6-13,15,19,23H,1-5H3/t15-,19+/m1/s1. The van der Waals surface area contributed by atoms with E-state index in [4.69, 9.17) is 11.6 Å². The largest absolute Gasteiger partial charge is 0.287 e. The van der Waals surface area contributed by atoms with Gasteiger partial charge in [-0.2, -0.15) is 0 Å². The Kier molecular flexibility index (Phi) is 7.37. The van der Waals surface area contributed by atoms with E-state index in [2.05, 4.69) is 4.72 Å². The van der Waals surface area contributed by atoms with Crippen molar-refractivity contribution < 1.29 is 13.2 Å². The lowest BCUT2D eigenvalue weighted by Crippen LogP contribution is -2.35. The van der Waals surface area contributed by atoms with Crippen LogP contribution in [-0.2, 0) is 14.8 Å². The number of benzene rings is 2. The van der Waals surface area contributed by atoms with Crippen molar-refractivity contribution >= 4 is 38.5 Å². The molecule has 1 N–H and O–H groups in total. The molecule has 2 aromatic carbocycles. The van der Waals surface area contributed by atoms with Crippen molar-refractivity contribution in [3.05, 3.63) is 64.7 Å². The summed E-state index contributed by atoms with van der Waals surface area (Å²) in [7, 11) is -3.80. The molecule has 152 valence electrons. The molecule has 2 aromatic rings. The van der Waals surface area contributed by atoms with Crippen LogP contribution in [-0.4, -0.2) is 18.3 Å². The first-order valence-corrected chi connectivity index (χ1v) is 11.6. The van der Waals surface area contributed by atoms with Gasteiger partial charge in [-0.3, -0.25) is 4.79 Å². The molecule has 0 spiro atoms. The van der Waals surface area contributed by atoms with Crippen LogP contribution in [0.5, 0.6) is 0 Å². The molecule has 0 aliphatic carbocycles. The number of carbonyl (C=O) groups is 1. The number of aryl methyl sites for hydroxylation is 1. The first-order chi connectivity index (χ1) is 12.9. The number of halogens is 1. The Balaban J connectivity index is 2.39. The van der Waals surface area contributed by atoms with Crippen molar-refractivity contribution in [3.63, 3.8) is 0 Å². The summed E-state index contributed by atoms with van der Waals surface area (Å²) in [6, 6.07) is 12.8. The van der Waals surface area contributed by atoms with Crippen LogP contribution in [0.2, 0.25) is 5.02 Å². The fourth-order valence-corrected chi connectivity index (χ4v) is 4.97. The number of carbonyl (C=O) groups excluding carboxylic acids is 1. The molecule has 0 aliphatic heterocycles. The summed E-state index contributed by atoms with van der Waals surface area (Å²) < 4.78 is 28.4. The normalized spacial score (nSPS) is 14.5. The van der Waals surface area contributed by atoms with Crippen LogP contribution in [0.1, 0.15) is 44.9 Å². The molecule has 0 saturated carbocycles. The van der Waals surface area contributed by atoms with Gasteiger partial charge in [0.2, 0.25) is 10.0 Å². The second-order valence-electron chi connectivity index (χ2n) is 7.79. The average molecular weight is 440 g/mol. The van der Waals surface area contributed by atoms with Crippen molar-refractivity contribution in [2.75, 3.05) is 0 Å². The molecule has 0 heterocycles. The quantitative estimate of drug-likeness (QED) is 0.657. The zero-order valence-corrected chi connectivity index (χ0v) is 19.1. The highest BCUT2D eigenvalue weighted by Gasteiger charge is 2.32. The van der Waals surface area contributed by atoms with E-state index in [0.717, 1.165) is 5.56 Å². The molecule has 0 radical (unpaired) electrons. The van der Waals surface area contributed by atoms with Crippen LogP contribution in [0.3, 0.4) is 0 Å². The lowest BCUT2D eigenvalue weighted by molar-refractivity contribution is -0.114. The maximum absolute atomic E-state index is 13.0. The Morgan fingerprint density at radius 3 is 2.07 bits per heavy atom. The van der Waals surface area contributed by atoms with Gasteiger partial charge in [0.05, 0.1) is 10.9 Å². The van der Waals surface area contributed by atoms with Crippen LogP contribution < -0.4 is 4.72 Å². The minimum absolute atomic E-state index is 0.0703. The van der Waals surface area contributed by atoms with E-state index in [1.165, 1.54) is 11.8 Å². The van der Waals surface area contributed by atoms with Gasteiger partial charge in [0, 0.05) is 15.7 Å². The smallest absolute Gasteiger partial charge is 0.241 e. The van der Waals surface area contributed by atoms with Gasteiger partial charge in [0.25, 0.3) is 0 Å². The molecule has 2 atom stereocenters. The Morgan fingerprint density at radius 2 is 1.57 bits per heavy atom. The van der Waals surface area contributed by atoms with Gasteiger partial charge >= 0.3 is 0 Å². The molecular formula is C21H26ClNO3S2. The predicted molar refractivity (Wildman–Crippen MR) is 117 cm³/mol. The summed E-state index contributed by atoms with van der Waals surface area (Å²) in [5, 5.41) is 0.478. The van der Waals surface area contributed by atoms with Gasteiger partial charge < -0.3 is 0 Å². The molecule has 0 aliphatic rings. The van der Waals surface area contributed by atoms with E-state index >= 15 is 0 Å². The van der Waals surface area contributed by atoms with E-state index < -0.39 is 22.0 Å². The zero-order chi connectivity index (χ0) is 21.1. The number of thioether (sulfide) groups is 1. The number of nitrogens with one attached hydrogen (secondary N) is 1. The second-order valence-corrected chi connectivity index (χ2v) is 11.8. The molecule has 28 heavy (non-hydrogen) atoms. The van der Waals surface area contributed by atoms with Crippen molar-refractivity contribution in [1.29, 1.82) is 0 Å². The molecule has 4 nitrogen and oxygen atoms in total. The molecule has 7 heteroatoms. The van der Waals surface area contributed by atoms with E-state index in [0.29, 0.717) is 10.6 Å². The van der Waals surface area contributed by atoms with Crippen LogP contribution in [0, 0.1) is 12.8 Å². The van der Waals surface area contributed by atoms with E-state index in [1.54, 1.807) is 55.5 Å². The molecule has 0 amide bonds. The minimum Gasteiger partial charge on any atom is -0.287 e. The summed E-state index contributed by atoms with van der Waals surface area (Å²) in [6.45, 7) is 9.50. The SMILES string of the molecule is Cc1ccc(S(=O)(=O)N[C@H](c2ccc(Cl)cc2)[C@@H](C)C(=O)SC(C)(C)C)cc1. The highest BCUT2D eigenvalue weighted by Crippen LogP contribution is 2.33. The predicted octanol–water partition coefficient (Wildman–Crippen LogP) is 5.36. The van der Waals surface area contributed by atoms with Gasteiger partial charge in [-0.1, -0.05) is 80.9 Å². The second kappa shape index (κ2) is 8.99. The van der Waals surface area contributed by atoms with E-state index in [1.807, 2.05) is 27.7 Å². The zero-order valence-electron chi connectivity index (χ0n) is 16.7. The monoisotopic (exact) mass is 439 g/mol. The van der Waals surface area contributed by atoms with Gasteiger partial charge in [-0.15, -0.1) is 0 Å². The number of sulfonamides is 1. The molecule has 0 aromatic heterocycles. The third-order valence-corrected chi connectivity index (χ3v) is 7.02. The number of hydrogen-bond acceptors (Lipinski definition) is 4. The maximum Gasteiger partial charge on any atom is 0.241 e. The molecule has 0 bridgehead atoms. The van der Waals surface area contributed by atoms with Gasteiger partial charge in [0.1, 0.15) is 0 Å². The summed E-state index contributed by atoms with van der Waals surface area (Å²) in [4.78, 5) is 13.0. The van der Waals surface area contributed by atoms with Crippen molar-refractivity contribution in [2.45, 2.75) is 50.3 Å². The molecule has 2 rings (SSSR count). The van der Waals surface area contributed by atoms with Gasteiger partial charge in [0.15, 0.2) is 5.12 Å². The highest BCUT2D eigenvalue weighted by atomic mass is 35.5. The summed E-state index contributed by atoms with van der Waals surface area (Å²) in [5.41, 5.74) is 1.66. The summed E-state index contributed by atoms with van der Waals surface area (Å²) in [5.74, 6) is -0.564. The number of rotatable bonds is 6. The van der Waals surface area contributed by atoms with Crippen molar-refractivity contribution in [3.8, 4) is 0 Å².